The van der Waals surface area contributed by atoms with E-state index in [1.807, 2.05) is 19.1 Å². The highest BCUT2D eigenvalue weighted by atomic mass is 16.2. The summed E-state index contributed by atoms with van der Waals surface area (Å²) in [5, 5.41) is 2.78. The quantitative estimate of drug-likeness (QED) is 0.547. The van der Waals surface area contributed by atoms with E-state index >= 15 is 0 Å². The Morgan fingerprint density at radius 3 is 3.00 bits per heavy atom. The van der Waals surface area contributed by atoms with Crippen LogP contribution in [0.2, 0.25) is 0 Å². The highest BCUT2D eigenvalue weighted by molar-refractivity contribution is 6.32. The number of benzene rings is 1. The topological polar surface area (TPSA) is 29.1 Å². The van der Waals surface area contributed by atoms with Crippen molar-refractivity contribution in [3.05, 3.63) is 23.8 Å². The molecule has 2 rings (SSSR count). The molecule has 0 bridgehead atoms. The van der Waals surface area contributed by atoms with Crippen LogP contribution in [-0.4, -0.2) is 13.8 Å². The highest BCUT2D eigenvalue weighted by Gasteiger charge is 2.25. The summed E-state index contributed by atoms with van der Waals surface area (Å²) in [6.07, 6.45) is 0. The van der Waals surface area contributed by atoms with Gasteiger partial charge in [-0.25, -0.2) is 0 Å². The molecule has 2 radical (unpaired) electrons. The molecule has 1 atom stereocenters. The van der Waals surface area contributed by atoms with Crippen LogP contribution >= 0.6 is 0 Å². The molecular formula is C9H8BNO. The molecule has 0 aliphatic carbocycles. The third kappa shape index (κ3) is 0.933. The first-order chi connectivity index (χ1) is 5.68. The lowest BCUT2D eigenvalue weighted by molar-refractivity contribution is -0.116. The van der Waals surface area contributed by atoms with Gasteiger partial charge < -0.3 is 5.32 Å². The molecule has 1 aromatic carbocycles. The van der Waals surface area contributed by atoms with Crippen molar-refractivity contribution in [1.82, 2.24) is 0 Å². The normalized spacial score (nSPS) is 20.4. The molecule has 1 N–H and O–H groups in total. The van der Waals surface area contributed by atoms with Gasteiger partial charge in [0, 0.05) is 5.69 Å². The van der Waals surface area contributed by atoms with E-state index in [0.717, 1.165) is 11.3 Å². The lowest BCUT2D eigenvalue weighted by atomic mass is 9.91. The monoisotopic (exact) mass is 157 g/mol. The lowest BCUT2D eigenvalue weighted by Gasteiger charge is -2.01. The molecule has 1 unspecified atom stereocenters. The Kier molecular flexibility index (Phi) is 1.46. The van der Waals surface area contributed by atoms with Crippen LogP contribution in [0.4, 0.5) is 5.69 Å². The zero-order valence-electron chi connectivity index (χ0n) is 6.79. The number of rotatable bonds is 0. The Labute approximate surface area is 72.4 Å². The van der Waals surface area contributed by atoms with Gasteiger partial charge in [-0.1, -0.05) is 17.6 Å². The number of carbonyl (C=O) groups is 1. The van der Waals surface area contributed by atoms with E-state index in [1.165, 1.54) is 0 Å². The summed E-state index contributed by atoms with van der Waals surface area (Å²) in [6.45, 7) is 1.88. The van der Waals surface area contributed by atoms with E-state index in [0.29, 0.717) is 5.46 Å². The van der Waals surface area contributed by atoms with Crippen molar-refractivity contribution in [3.63, 3.8) is 0 Å². The molecule has 0 aromatic heterocycles. The Hall–Kier alpha value is -1.25. The molecular weight excluding hydrogens is 149 g/mol. The first-order valence-corrected chi connectivity index (χ1v) is 3.89. The van der Waals surface area contributed by atoms with E-state index < -0.39 is 0 Å². The summed E-state index contributed by atoms with van der Waals surface area (Å²) in [5.41, 5.74) is 2.60. The van der Waals surface area contributed by atoms with Crippen molar-refractivity contribution in [2.75, 3.05) is 5.32 Å². The standard InChI is InChI=1S/C9H8BNO/c1-5-7-4-6(10)2-3-8(7)11-9(5)12/h2-5H,1H3,(H,11,12). The van der Waals surface area contributed by atoms with E-state index in [1.54, 1.807) is 6.07 Å². The average molecular weight is 157 g/mol. The molecule has 1 heterocycles. The van der Waals surface area contributed by atoms with Crippen molar-refractivity contribution in [3.8, 4) is 0 Å². The number of nitrogens with one attached hydrogen (secondary N) is 1. The molecule has 12 heavy (non-hydrogen) atoms. The minimum absolute atomic E-state index is 0.0515. The zero-order chi connectivity index (χ0) is 8.72. The third-order valence-corrected chi connectivity index (χ3v) is 2.19. The molecule has 0 saturated carbocycles. The number of hydrogen-bond acceptors (Lipinski definition) is 1. The number of hydrogen-bond donors (Lipinski definition) is 1. The number of amides is 1. The van der Waals surface area contributed by atoms with Gasteiger partial charge in [-0.05, 0) is 18.6 Å². The van der Waals surface area contributed by atoms with Crippen molar-refractivity contribution >= 4 is 24.9 Å². The van der Waals surface area contributed by atoms with Gasteiger partial charge in [0.05, 0.1) is 5.92 Å². The molecule has 1 amide bonds. The average Bonchev–Trinajstić information content (AvgIpc) is 2.31. The third-order valence-electron chi connectivity index (χ3n) is 2.19. The van der Waals surface area contributed by atoms with Crippen LogP contribution in [0.25, 0.3) is 0 Å². The van der Waals surface area contributed by atoms with Crippen molar-refractivity contribution in [2.24, 2.45) is 0 Å². The minimum Gasteiger partial charge on any atom is -0.325 e. The lowest BCUT2D eigenvalue weighted by Crippen LogP contribution is -2.08. The predicted octanol–water partition coefficient (Wildman–Crippen LogP) is 0.536. The van der Waals surface area contributed by atoms with Gasteiger partial charge in [0.2, 0.25) is 5.91 Å². The maximum Gasteiger partial charge on any atom is 0.231 e. The fraction of sp³-hybridized carbons (Fsp3) is 0.222. The maximum atomic E-state index is 11.2. The Morgan fingerprint density at radius 1 is 1.50 bits per heavy atom. The Balaban J connectivity index is 2.55. The van der Waals surface area contributed by atoms with Gasteiger partial charge in [0.1, 0.15) is 7.85 Å². The summed E-state index contributed by atoms with van der Waals surface area (Å²) in [4.78, 5) is 11.2. The van der Waals surface area contributed by atoms with Crippen molar-refractivity contribution in [2.45, 2.75) is 12.8 Å². The van der Waals surface area contributed by atoms with Gasteiger partial charge in [-0.15, -0.1) is 0 Å². The Morgan fingerprint density at radius 2 is 2.25 bits per heavy atom. The highest BCUT2D eigenvalue weighted by Crippen LogP contribution is 2.30. The summed E-state index contributed by atoms with van der Waals surface area (Å²) in [6, 6.07) is 5.47. The molecule has 2 nitrogen and oxygen atoms in total. The van der Waals surface area contributed by atoms with Crippen LogP contribution in [0.15, 0.2) is 18.2 Å². The number of anilines is 1. The molecule has 58 valence electrons. The second-order valence-electron chi connectivity index (χ2n) is 3.06. The van der Waals surface area contributed by atoms with Gasteiger partial charge in [-0.2, -0.15) is 0 Å². The molecule has 1 aliphatic heterocycles. The second kappa shape index (κ2) is 2.37. The summed E-state index contributed by atoms with van der Waals surface area (Å²) >= 11 is 0. The molecule has 1 aromatic rings. The summed E-state index contributed by atoms with van der Waals surface area (Å²) < 4.78 is 0. The summed E-state index contributed by atoms with van der Waals surface area (Å²) in [7, 11) is 5.60. The number of carbonyl (C=O) groups excluding carboxylic acids is 1. The van der Waals surface area contributed by atoms with Gasteiger partial charge in [-0.3, -0.25) is 4.79 Å². The van der Waals surface area contributed by atoms with Gasteiger partial charge in [0.25, 0.3) is 0 Å². The smallest absolute Gasteiger partial charge is 0.231 e. The molecule has 0 saturated heterocycles. The van der Waals surface area contributed by atoms with Gasteiger partial charge in [0.15, 0.2) is 0 Å². The van der Waals surface area contributed by atoms with E-state index in [4.69, 9.17) is 7.85 Å². The largest absolute Gasteiger partial charge is 0.325 e. The van der Waals surface area contributed by atoms with Crippen LogP contribution in [0.1, 0.15) is 18.4 Å². The first kappa shape index (κ1) is 7.41. The van der Waals surface area contributed by atoms with E-state index in [9.17, 15) is 4.79 Å². The molecule has 1 aliphatic rings. The summed E-state index contributed by atoms with van der Waals surface area (Å²) in [5.74, 6) is -0.0147. The maximum absolute atomic E-state index is 11.2. The van der Waals surface area contributed by atoms with Crippen LogP contribution in [0.3, 0.4) is 0 Å². The molecule has 0 spiro atoms. The fourth-order valence-corrected chi connectivity index (χ4v) is 1.44. The number of fused-ring (bicyclic) bond motifs is 1. The van der Waals surface area contributed by atoms with Crippen molar-refractivity contribution < 1.29 is 4.79 Å². The van der Waals surface area contributed by atoms with Crippen LogP contribution < -0.4 is 10.8 Å². The van der Waals surface area contributed by atoms with Crippen molar-refractivity contribution in [1.29, 1.82) is 0 Å². The predicted molar refractivity (Wildman–Crippen MR) is 48.9 cm³/mol. The first-order valence-electron chi connectivity index (χ1n) is 3.89. The van der Waals surface area contributed by atoms with Crippen LogP contribution in [-0.2, 0) is 4.79 Å². The van der Waals surface area contributed by atoms with Crippen LogP contribution in [0, 0.1) is 0 Å². The molecule has 3 heteroatoms. The second-order valence-corrected chi connectivity index (χ2v) is 3.06. The zero-order valence-corrected chi connectivity index (χ0v) is 6.79. The van der Waals surface area contributed by atoms with E-state index in [2.05, 4.69) is 5.32 Å². The van der Waals surface area contributed by atoms with Gasteiger partial charge >= 0.3 is 0 Å². The minimum atomic E-state index is -0.0662. The van der Waals surface area contributed by atoms with E-state index in [-0.39, 0.29) is 11.8 Å². The van der Waals surface area contributed by atoms with Crippen LogP contribution in [0.5, 0.6) is 0 Å². The fourth-order valence-electron chi connectivity index (χ4n) is 1.44. The Bertz CT molecular complexity index is 348. The molecule has 0 fully saturated rings. The SMILES string of the molecule is [B]c1ccc2c(c1)C(C)C(=O)N2.